The predicted molar refractivity (Wildman–Crippen MR) is 42.6 cm³/mol. The van der Waals surface area contributed by atoms with Gasteiger partial charge in [-0.25, -0.2) is 0 Å². The van der Waals surface area contributed by atoms with E-state index in [0.717, 1.165) is 0 Å². The van der Waals surface area contributed by atoms with Crippen LogP contribution in [-0.2, 0) is 0 Å². The minimum absolute atomic E-state index is 0.331. The standard InChI is InChI=1S/C6H10BNO2/c1-3-4-6(5-8-2)7(9)10/h3-5,9-10H,2H2,1H3/b4-3-,6-5+. The summed E-state index contributed by atoms with van der Waals surface area (Å²) < 4.78 is 0. The molecule has 2 N–H and O–H groups in total. The fourth-order valence-electron chi connectivity index (χ4n) is 0.494. The topological polar surface area (TPSA) is 52.8 Å². The van der Waals surface area contributed by atoms with E-state index in [0.29, 0.717) is 5.47 Å². The normalized spacial score (nSPS) is 12.1. The molecule has 0 aliphatic heterocycles. The molecule has 0 aromatic carbocycles. The van der Waals surface area contributed by atoms with Crippen molar-refractivity contribution in [2.24, 2.45) is 4.99 Å². The summed E-state index contributed by atoms with van der Waals surface area (Å²) in [5.41, 5.74) is 0.331. The van der Waals surface area contributed by atoms with Gasteiger partial charge in [0.15, 0.2) is 0 Å². The smallest absolute Gasteiger partial charge is 0.423 e. The van der Waals surface area contributed by atoms with Crippen molar-refractivity contribution in [3.05, 3.63) is 23.8 Å². The Labute approximate surface area is 60.6 Å². The summed E-state index contributed by atoms with van der Waals surface area (Å²) in [6.07, 6.45) is 4.54. The summed E-state index contributed by atoms with van der Waals surface area (Å²) in [5, 5.41) is 17.2. The van der Waals surface area contributed by atoms with Crippen LogP contribution in [0, 0.1) is 0 Å². The van der Waals surface area contributed by atoms with Gasteiger partial charge in [0.1, 0.15) is 0 Å². The fourth-order valence-corrected chi connectivity index (χ4v) is 0.494. The van der Waals surface area contributed by atoms with Gasteiger partial charge in [-0.1, -0.05) is 12.2 Å². The second-order valence-electron chi connectivity index (χ2n) is 1.69. The van der Waals surface area contributed by atoms with Gasteiger partial charge in [0, 0.05) is 6.20 Å². The number of nitrogens with zero attached hydrogens (tertiary/aromatic N) is 1. The maximum absolute atomic E-state index is 8.62. The molecule has 10 heavy (non-hydrogen) atoms. The van der Waals surface area contributed by atoms with Crippen LogP contribution in [0.5, 0.6) is 0 Å². The fraction of sp³-hybridized carbons (Fsp3) is 0.167. The third-order valence-electron chi connectivity index (χ3n) is 0.898. The van der Waals surface area contributed by atoms with Crippen LogP contribution in [0.3, 0.4) is 0 Å². The number of hydrogen-bond donors (Lipinski definition) is 2. The summed E-state index contributed by atoms with van der Waals surface area (Å²) in [6.45, 7) is 4.96. The number of aliphatic imine (C=N–C) groups is 1. The lowest BCUT2D eigenvalue weighted by atomic mass is 9.80. The SMILES string of the molecule is C=N/C=C(\C=C/C)B(O)O. The number of hydrogen-bond acceptors (Lipinski definition) is 3. The van der Waals surface area contributed by atoms with Crippen molar-refractivity contribution in [3.8, 4) is 0 Å². The van der Waals surface area contributed by atoms with Gasteiger partial charge < -0.3 is 10.0 Å². The highest BCUT2D eigenvalue weighted by Gasteiger charge is 2.09. The van der Waals surface area contributed by atoms with Crippen molar-refractivity contribution in [2.45, 2.75) is 6.92 Å². The van der Waals surface area contributed by atoms with Crippen molar-refractivity contribution in [2.75, 3.05) is 0 Å². The molecule has 0 atom stereocenters. The molecule has 0 saturated heterocycles. The molecule has 0 unspecified atom stereocenters. The monoisotopic (exact) mass is 139 g/mol. The Bertz CT molecular complexity index is 163. The summed E-state index contributed by atoms with van der Waals surface area (Å²) in [7, 11) is -1.47. The van der Waals surface area contributed by atoms with E-state index in [-0.39, 0.29) is 0 Å². The molecule has 0 aromatic rings. The van der Waals surface area contributed by atoms with E-state index in [4.69, 9.17) is 10.0 Å². The van der Waals surface area contributed by atoms with Crippen molar-refractivity contribution in [1.82, 2.24) is 0 Å². The van der Waals surface area contributed by atoms with Crippen LogP contribution in [0.25, 0.3) is 0 Å². The van der Waals surface area contributed by atoms with Crippen LogP contribution in [0.15, 0.2) is 28.8 Å². The van der Waals surface area contributed by atoms with Crippen LogP contribution in [-0.4, -0.2) is 23.9 Å². The first kappa shape index (κ1) is 9.13. The van der Waals surface area contributed by atoms with Gasteiger partial charge in [-0.05, 0) is 19.1 Å². The van der Waals surface area contributed by atoms with Gasteiger partial charge in [0.05, 0.1) is 0 Å². The summed E-state index contributed by atoms with van der Waals surface area (Å²) in [6, 6.07) is 0. The van der Waals surface area contributed by atoms with Gasteiger partial charge >= 0.3 is 7.12 Å². The van der Waals surface area contributed by atoms with Gasteiger partial charge in [-0.3, -0.25) is 4.99 Å². The molecule has 0 amide bonds. The number of rotatable bonds is 3. The van der Waals surface area contributed by atoms with E-state index >= 15 is 0 Å². The van der Waals surface area contributed by atoms with Crippen LogP contribution in [0.4, 0.5) is 0 Å². The van der Waals surface area contributed by atoms with E-state index in [2.05, 4.69) is 11.7 Å². The zero-order valence-electron chi connectivity index (χ0n) is 5.86. The van der Waals surface area contributed by atoms with Crippen LogP contribution < -0.4 is 0 Å². The molecular weight excluding hydrogens is 129 g/mol. The third-order valence-corrected chi connectivity index (χ3v) is 0.898. The molecule has 0 radical (unpaired) electrons. The molecule has 3 nitrogen and oxygen atoms in total. The molecule has 0 saturated carbocycles. The Kier molecular flexibility index (Phi) is 4.53. The zero-order chi connectivity index (χ0) is 7.98. The van der Waals surface area contributed by atoms with Crippen molar-refractivity contribution >= 4 is 13.8 Å². The number of allylic oxidation sites excluding steroid dienone is 3. The average Bonchev–Trinajstić information content (AvgIpc) is 1.87. The van der Waals surface area contributed by atoms with E-state index in [9.17, 15) is 0 Å². The molecule has 54 valence electrons. The third kappa shape index (κ3) is 3.22. The molecule has 0 aromatic heterocycles. The Balaban J connectivity index is 4.25. The van der Waals surface area contributed by atoms with E-state index < -0.39 is 7.12 Å². The lowest BCUT2D eigenvalue weighted by Crippen LogP contribution is -2.13. The molecule has 0 aliphatic carbocycles. The summed E-state index contributed by atoms with van der Waals surface area (Å²) >= 11 is 0. The first-order valence-corrected chi connectivity index (χ1v) is 2.87. The molecule has 0 rings (SSSR count). The second-order valence-corrected chi connectivity index (χ2v) is 1.69. The second kappa shape index (κ2) is 4.96. The van der Waals surface area contributed by atoms with E-state index in [1.54, 1.807) is 19.1 Å². The minimum atomic E-state index is -1.47. The summed E-state index contributed by atoms with van der Waals surface area (Å²) in [4.78, 5) is 3.39. The molecule has 4 heteroatoms. The molecule has 0 bridgehead atoms. The Morgan fingerprint density at radius 2 is 2.20 bits per heavy atom. The highest BCUT2D eigenvalue weighted by Crippen LogP contribution is 1.97. The van der Waals surface area contributed by atoms with Crippen LogP contribution >= 0.6 is 0 Å². The van der Waals surface area contributed by atoms with Gasteiger partial charge in [-0.15, -0.1) is 0 Å². The van der Waals surface area contributed by atoms with E-state index in [1.165, 1.54) is 6.20 Å². The minimum Gasteiger partial charge on any atom is -0.423 e. The Hall–Kier alpha value is -0.865. The lowest BCUT2D eigenvalue weighted by Gasteiger charge is -1.95. The van der Waals surface area contributed by atoms with E-state index in [1.807, 2.05) is 0 Å². The Morgan fingerprint density at radius 1 is 1.60 bits per heavy atom. The first-order valence-electron chi connectivity index (χ1n) is 2.87. The largest absolute Gasteiger partial charge is 0.489 e. The zero-order valence-corrected chi connectivity index (χ0v) is 5.86. The van der Waals surface area contributed by atoms with Gasteiger partial charge in [0.2, 0.25) is 0 Å². The highest BCUT2D eigenvalue weighted by molar-refractivity contribution is 6.51. The van der Waals surface area contributed by atoms with Crippen molar-refractivity contribution in [3.63, 3.8) is 0 Å². The van der Waals surface area contributed by atoms with Crippen molar-refractivity contribution in [1.29, 1.82) is 0 Å². The first-order chi connectivity index (χ1) is 4.72. The van der Waals surface area contributed by atoms with Crippen LogP contribution in [0.2, 0.25) is 0 Å². The maximum atomic E-state index is 8.62. The quantitative estimate of drug-likeness (QED) is 0.332. The molecule has 0 fully saturated rings. The molecule has 0 heterocycles. The Morgan fingerprint density at radius 3 is 2.50 bits per heavy atom. The maximum Gasteiger partial charge on any atom is 0.489 e. The molecule has 0 aliphatic rings. The highest BCUT2D eigenvalue weighted by atomic mass is 16.4. The molecule has 0 spiro atoms. The molecular formula is C6H10BNO2. The van der Waals surface area contributed by atoms with Crippen molar-refractivity contribution < 1.29 is 10.0 Å². The summed E-state index contributed by atoms with van der Waals surface area (Å²) in [5.74, 6) is 0. The van der Waals surface area contributed by atoms with Gasteiger partial charge in [0.25, 0.3) is 0 Å². The average molecular weight is 139 g/mol. The lowest BCUT2D eigenvalue weighted by molar-refractivity contribution is 0.420. The van der Waals surface area contributed by atoms with Crippen LogP contribution in [0.1, 0.15) is 6.92 Å². The predicted octanol–water partition coefficient (Wildman–Crippen LogP) is 0.159. The van der Waals surface area contributed by atoms with Gasteiger partial charge in [-0.2, -0.15) is 0 Å².